The Bertz CT molecular complexity index is 415. The molecular weight excluding hydrogens is 235 g/mol. The maximum atomic E-state index is 12.7. The Hall–Kier alpha value is -1.52. The fourth-order valence-corrected chi connectivity index (χ4v) is 2.26. The number of rotatable bonds is 3. The molecule has 0 aromatic heterocycles. The molecule has 1 heterocycles. The van der Waals surface area contributed by atoms with Gasteiger partial charge in [-0.15, -0.1) is 0 Å². The van der Waals surface area contributed by atoms with Crippen molar-refractivity contribution in [3.63, 3.8) is 0 Å². The van der Waals surface area contributed by atoms with Crippen molar-refractivity contribution >= 4 is 17.9 Å². The summed E-state index contributed by atoms with van der Waals surface area (Å²) < 4.78 is 12.7. The zero-order valence-electron chi connectivity index (χ0n) is 10.4. The molecule has 1 amide bonds. The minimum atomic E-state index is -1.12. The maximum Gasteiger partial charge on any atom is 0.236 e. The number of nitrogens with one attached hydrogen (secondary N) is 1. The van der Waals surface area contributed by atoms with E-state index in [-0.39, 0.29) is 18.4 Å². The van der Waals surface area contributed by atoms with Crippen LogP contribution < -0.4 is 5.32 Å². The molecule has 4 nitrogen and oxygen atoms in total. The van der Waals surface area contributed by atoms with Gasteiger partial charge in [0.25, 0.3) is 0 Å². The van der Waals surface area contributed by atoms with Gasteiger partial charge in [0.2, 0.25) is 5.91 Å². The Morgan fingerprint density at radius 3 is 3.17 bits per heavy atom. The van der Waals surface area contributed by atoms with Crippen molar-refractivity contribution in [2.75, 3.05) is 6.54 Å². The smallest absolute Gasteiger partial charge is 0.236 e. The van der Waals surface area contributed by atoms with E-state index in [9.17, 15) is 14.0 Å². The van der Waals surface area contributed by atoms with Crippen molar-refractivity contribution in [3.8, 4) is 0 Å². The van der Waals surface area contributed by atoms with E-state index in [0.717, 1.165) is 19.3 Å². The van der Waals surface area contributed by atoms with Gasteiger partial charge in [0.15, 0.2) is 5.78 Å². The summed E-state index contributed by atoms with van der Waals surface area (Å²) in [6.07, 6.45) is 4.92. The summed E-state index contributed by atoms with van der Waals surface area (Å²) in [5.74, 6) is -1.53. The number of fused-ring (bicyclic) bond motifs is 1. The van der Waals surface area contributed by atoms with E-state index < -0.39 is 18.0 Å². The predicted octanol–water partition coefficient (Wildman–Crippen LogP) is 1.21. The van der Waals surface area contributed by atoms with Gasteiger partial charge in [-0.1, -0.05) is 6.08 Å². The zero-order chi connectivity index (χ0) is 13.1. The fraction of sp³-hybridized carbons (Fsp3) is 0.615. The van der Waals surface area contributed by atoms with Gasteiger partial charge in [-0.25, -0.2) is 4.39 Å². The Morgan fingerprint density at radius 2 is 2.44 bits per heavy atom. The SMILES string of the molecule is CC(F)CNC(=O)C1C=NC2CCCC=C2C1=O. The van der Waals surface area contributed by atoms with Crippen molar-refractivity contribution in [1.29, 1.82) is 0 Å². The highest BCUT2D eigenvalue weighted by Crippen LogP contribution is 2.27. The molecule has 1 aliphatic heterocycles. The third kappa shape index (κ3) is 2.66. The molecule has 0 saturated carbocycles. The number of allylic oxidation sites excluding steroid dienone is 1. The second kappa shape index (κ2) is 5.42. The van der Waals surface area contributed by atoms with E-state index in [2.05, 4.69) is 10.3 Å². The molecule has 18 heavy (non-hydrogen) atoms. The van der Waals surface area contributed by atoms with Crippen LogP contribution in [0.3, 0.4) is 0 Å². The topological polar surface area (TPSA) is 58.5 Å². The summed E-state index contributed by atoms with van der Waals surface area (Å²) in [6.45, 7) is 1.29. The lowest BCUT2D eigenvalue weighted by Crippen LogP contribution is -2.43. The molecule has 0 aromatic carbocycles. The van der Waals surface area contributed by atoms with Gasteiger partial charge in [-0.2, -0.15) is 0 Å². The van der Waals surface area contributed by atoms with E-state index in [1.54, 1.807) is 0 Å². The summed E-state index contributed by atoms with van der Waals surface area (Å²) in [7, 11) is 0. The predicted molar refractivity (Wildman–Crippen MR) is 66.3 cm³/mol. The number of Topliss-reactive ketones (excluding diaryl/α,β-unsaturated/α-hetero) is 1. The van der Waals surface area contributed by atoms with Crippen molar-refractivity contribution in [3.05, 3.63) is 11.6 Å². The average molecular weight is 252 g/mol. The van der Waals surface area contributed by atoms with Gasteiger partial charge in [0, 0.05) is 18.3 Å². The number of hydrogen-bond acceptors (Lipinski definition) is 3. The third-order valence-electron chi connectivity index (χ3n) is 3.23. The van der Waals surface area contributed by atoms with Crippen LogP contribution in [0.25, 0.3) is 0 Å². The molecule has 1 aliphatic carbocycles. The summed E-state index contributed by atoms with van der Waals surface area (Å²) >= 11 is 0. The summed E-state index contributed by atoms with van der Waals surface area (Å²) in [5.41, 5.74) is 0.650. The van der Waals surface area contributed by atoms with Crippen LogP contribution in [0.5, 0.6) is 0 Å². The molecule has 2 rings (SSSR count). The highest BCUT2D eigenvalue weighted by atomic mass is 19.1. The van der Waals surface area contributed by atoms with Gasteiger partial charge in [0.1, 0.15) is 12.1 Å². The second-order valence-electron chi connectivity index (χ2n) is 4.77. The Balaban J connectivity index is 2.07. The summed E-state index contributed by atoms with van der Waals surface area (Å²) in [4.78, 5) is 28.2. The monoisotopic (exact) mass is 252 g/mol. The van der Waals surface area contributed by atoms with E-state index in [1.807, 2.05) is 6.08 Å². The van der Waals surface area contributed by atoms with Crippen LogP contribution >= 0.6 is 0 Å². The van der Waals surface area contributed by atoms with Crippen LogP contribution in [0.15, 0.2) is 16.6 Å². The van der Waals surface area contributed by atoms with Gasteiger partial charge >= 0.3 is 0 Å². The number of amides is 1. The first-order valence-corrected chi connectivity index (χ1v) is 6.29. The molecule has 0 fully saturated rings. The molecule has 1 N–H and O–H groups in total. The molecule has 0 spiro atoms. The number of carbonyl (C=O) groups excluding carboxylic acids is 2. The molecular formula is C13H17FN2O2. The first-order valence-electron chi connectivity index (χ1n) is 6.29. The molecule has 0 aromatic rings. The summed E-state index contributed by atoms with van der Waals surface area (Å²) in [5, 5.41) is 2.42. The Morgan fingerprint density at radius 1 is 1.67 bits per heavy atom. The van der Waals surface area contributed by atoms with Gasteiger partial charge < -0.3 is 5.32 Å². The lowest BCUT2D eigenvalue weighted by Gasteiger charge is -2.26. The van der Waals surface area contributed by atoms with Crippen molar-refractivity contribution < 1.29 is 14.0 Å². The molecule has 2 aliphatic rings. The number of halogens is 1. The first kappa shape index (κ1) is 12.9. The van der Waals surface area contributed by atoms with Crippen molar-refractivity contribution in [1.82, 2.24) is 5.32 Å². The second-order valence-corrected chi connectivity index (χ2v) is 4.77. The number of alkyl halides is 1. The van der Waals surface area contributed by atoms with Crippen LogP contribution in [0.4, 0.5) is 4.39 Å². The molecule has 0 radical (unpaired) electrons. The van der Waals surface area contributed by atoms with Crippen LogP contribution in [0.2, 0.25) is 0 Å². The van der Waals surface area contributed by atoms with E-state index in [0.29, 0.717) is 5.57 Å². The van der Waals surface area contributed by atoms with Crippen LogP contribution in [0, 0.1) is 5.92 Å². The van der Waals surface area contributed by atoms with Crippen LogP contribution in [-0.2, 0) is 9.59 Å². The van der Waals surface area contributed by atoms with Gasteiger partial charge in [-0.3, -0.25) is 14.6 Å². The molecule has 3 atom stereocenters. The number of nitrogens with zero attached hydrogens (tertiary/aromatic N) is 1. The zero-order valence-corrected chi connectivity index (χ0v) is 10.4. The third-order valence-corrected chi connectivity index (χ3v) is 3.23. The lowest BCUT2D eigenvalue weighted by molar-refractivity contribution is -0.129. The van der Waals surface area contributed by atoms with E-state index in [1.165, 1.54) is 13.1 Å². The lowest BCUT2D eigenvalue weighted by atomic mass is 9.84. The van der Waals surface area contributed by atoms with Crippen molar-refractivity contribution in [2.24, 2.45) is 10.9 Å². The summed E-state index contributed by atoms with van der Waals surface area (Å²) in [6, 6.07) is -0.0737. The van der Waals surface area contributed by atoms with Crippen molar-refractivity contribution in [2.45, 2.75) is 38.4 Å². The first-order chi connectivity index (χ1) is 8.59. The maximum absolute atomic E-state index is 12.7. The molecule has 3 unspecified atom stereocenters. The van der Waals surface area contributed by atoms with Crippen LogP contribution in [-0.4, -0.2) is 36.7 Å². The fourth-order valence-electron chi connectivity index (χ4n) is 2.26. The molecule has 5 heteroatoms. The van der Waals surface area contributed by atoms with E-state index >= 15 is 0 Å². The van der Waals surface area contributed by atoms with Gasteiger partial charge in [0.05, 0.1) is 6.04 Å². The largest absolute Gasteiger partial charge is 0.352 e. The molecule has 0 saturated heterocycles. The minimum absolute atomic E-state index is 0.0705. The van der Waals surface area contributed by atoms with Crippen LogP contribution in [0.1, 0.15) is 26.2 Å². The number of hydrogen-bond donors (Lipinski definition) is 1. The number of ketones is 1. The quantitative estimate of drug-likeness (QED) is 0.767. The average Bonchev–Trinajstić information content (AvgIpc) is 2.37. The molecule has 0 bridgehead atoms. The van der Waals surface area contributed by atoms with E-state index in [4.69, 9.17) is 0 Å². The Labute approximate surface area is 105 Å². The van der Waals surface area contributed by atoms with Gasteiger partial charge in [-0.05, 0) is 26.2 Å². The highest BCUT2D eigenvalue weighted by Gasteiger charge is 2.35. The number of carbonyl (C=O) groups is 2. The standard InChI is InChI=1S/C13H17FN2O2/c1-8(14)6-16-13(18)10-7-15-11-5-3-2-4-9(11)12(10)17/h4,7-8,10-11H,2-3,5-6H2,1H3,(H,16,18). The normalized spacial score (nSPS) is 28.3. The molecule has 98 valence electrons. The number of aliphatic imine (C=N–C) groups is 1. The highest BCUT2D eigenvalue weighted by molar-refractivity contribution is 6.21. The Kier molecular flexibility index (Phi) is 3.89. The minimum Gasteiger partial charge on any atom is -0.352 e.